The second-order valence-corrected chi connectivity index (χ2v) is 5.00. The minimum atomic E-state index is 0.0257. The van der Waals surface area contributed by atoms with E-state index >= 15 is 0 Å². The van der Waals surface area contributed by atoms with E-state index < -0.39 is 0 Å². The van der Waals surface area contributed by atoms with Crippen LogP contribution < -0.4 is 10.6 Å². The van der Waals surface area contributed by atoms with Crippen molar-refractivity contribution in [2.45, 2.75) is 44.2 Å². The Morgan fingerprint density at radius 3 is 3.06 bits per heavy atom. The van der Waals surface area contributed by atoms with Crippen molar-refractivity contribution in [2.24, 2.45) is 0 Å². The van der Waals surface area contributed by atoms with Crippen molar-refractivity contribution in [3.05, 3.63) is 0 Å². The van der Waals surface area contributed by atoms with Gasteiger partial charge in [-0.2, -0.15) is 0 Å². The van der Waals surface area contributed by atoms with E-state index in [2.05, 4.69) is 10.6 Å². The monoisotopic (exact) mass is 256 g/mol. The first-order valence-electron chi connectivity index (χ1n) is 7.07. The molecule has 2 atom stereocenters. The molecule has 0 radical (unpaired) electrons. The molecule has 0 bridgehead atoms. The maximum Gasteiger partial charge on any atom is 0.237 e. The molecule has 0 aromatic heterocycles. The summed E-state index contributed by atoms with van der Waals surface area (Å²) in [6.45, 7) is 3.92. The molecule has 2 N–H and O–H groups in total. The Hall–Kier alpha value is -0.650. The van der Waals surface area contributed by atoms with Crippen LogP contribution in [0.4, 0.5) is 0 Å². The lowest BCUT2D eigenvalue weighted by Crippen LogP contribution is -2.40. The van der Waals surface area contributed by atoms with Crippen LogP contribution in [0.25, 0.3) is 0 Å². The van der Waals surface area contributed by atoms with E-state index in [1.54, 1.807) is 0 Å². The zero-order valence-corrected chi connectivity index (χ0v) is 11.0. The standard InChI is InChI=1S/C13H24N2O3/c16-13(12-5-1-6-14-12)15-7-3-8-17-10-11-4-2-9-18-11/h11-12,14H,1-10H2,(H,15,16)/t11?,12-/m1/s1. The molecule has 0 spiro atoms. The molecule has 2 aliphatic rings. The molecule has 2 heterocycles. The largest absolute Gasteiger partial charge is 0.379 e. The molecule has 5 nitrogen and oxygen atoms in total. The van der Waals surface area contributed by atoms with Crippen molar-refractivity contribution in [3.8, 4) is 0 Å². The second-order valence-electron chi connectivity index (χ2n) is 5.00. The maximum absolute atomic E-state index is 11.7. The molecule has 2 saturated heterocycles. The molecular formula is C13H24N2O3. The summed E-state index contributed by atoms with van der Waals surface area (Å²) in [7, 11) is 0. The molecule has 0 saturated carbocycles. The highest BCUT2D eigenvalue weighted by atomic mass is 16.5. The lowest BCUT2D eigenvalue weighted by molar-refractivity contribution is -0.122. The number of amides is 1. The van der Waals surface area contributed by atoms with Gasteiger partial charge in [-0.25, -0.2) is 0 Å². The summed E-state index contributed by atoms with van der Waals surface area (Å²) in [5.41, 5.74) is 0. The zero-order valence-electron chi connectivity index (χ0n) is 11.0. The van der Waals surface area contributed by atoms with Gasteiger partial charge >= 0.3 is 0 Å². The van der Waals surface area contributed by atoms with E-state index in [-0.39, 0.29) is 11.9 Å². The van der Waals surface area contributed by atoms with Gasteiger partial charge in [0.25, 0.3) is 0 Å². The van der Waals surface area contributed by atoms with Gasteiger partial charge in [0, 0.05) is 19.8 Å². The predicted octanol–water partition coefficient (Wildman–Crippen LogP) is 0.440. The van der Waals surface area contributed by atoms with E-state index in [4.69, 9.17) is 9.47 Å². The Kier molecular flexibility index (Phi) is 5.90. The number of ether oxygens (including phenoxy) is 2. The normalized spacial score (nSPS) is 27.6. The summed E-state index contributed by atoms with van der Waals surface area (Å²) in [6.07, 6.45) is 5.49. The van der Waals surface area contributed by atoms with E-state index in [0.29, 0.717) is 25.9 Å². The fourth-order valence-corrected chi connectivity index (χ4v) is 2.41. The van der Waals surface area contributed by atoms with Crippen LogP contribution in [0.1, 0.15) is 32.1 Å². The van der Waals surface area contributed by atoms with Crippen LogP contribution in [0.3, 0.4) is 0 Å². The first kappa shape index (κ1) is 13.8. The fourth-order valence-electron chi connectivity index (χ4n) is 2.41. The van der Waals surface area contributed by atoms with Gasteiger partial charge < -0.3 is 20.1 Å². The molecule has 104 valence electrons. The zero-order chi connectivity index (χ0) is 12.6. The van der Waals surface area contributed by atoms with Gasteiger partial charge in [0.2, 0.25) is 5.91 Å². The van der Waals surface area contributed by atoms with Crippen LogP contribution in [-0.4, -0.2) is 51.0 Å². The quantitative estimate of drug-likeness (QED) is 0.649. The molecule has 0 aliphatic carbocycles. The van der Waals surface area contributed by atoms with Gasteiger partial charge in [0.15, 0.2) is 0 Å². The van der Waals surface area contributed by atoms with Gasteiger partial charge in [0.1, 0.15) is 0 Å². The van der Waals surface area contributed by atoms with Crippen LogP contribution in [0.15, 0.2) is 0 Å². The molecule has 1 amide bonds. The van der Waals surface area contributed by atoms with Crippen LogP contribution in [-0.2, 0) is 14.3 Å². The third-order valence-electron chi connectivity index (χ3n) is 3.47. The molecule has 2 rings (SSSR count). The number of rotatable bonds is 7. The predicted molar refractivity (Wildman–Crippen MR) is 68.4 cm³/mol. The van der Waals surface area contributed by atoms with Gasteiger partial charge in [-0.15, -0.1) is 0 Å². The second kappa shape index (κ2) is 7.71. The average molecular weight is 256 g/mol. The summed E-state index contributed by atoms with van der Waals surface area (Å²) < 4.78 is 11.0. The van der Waals surface area contributed by atoms with Crippen molar-refractivity contribution in [1.29, 1.82) is 0 Å². The summed E-state index contributed by atoms with van der Waals surface area (Å²) in [5, 5.41) is 6.13. The number of nitrogens with one attached hydrogen (secondary N) is 2. The Bertz CT molecular complexity index is 249. The minimum Gasteiger partial charge on any atom is -0.379 e. The molecule has 0 aromatic carbocycles. The number of hydrogen-bond donors (Lipinski definition) is 2. The Morgan fingerprint density at radius 2 is 2.33 bits per heavy atom. The van der Waals surface area contributed by atoms with E-state index in [1.165, 1.54) is 0 Å². The summed E-state index contributed by atoms with van der Waals surface area (Å²) in [4.78, 5) is 11.7. The summed E-state index contributed by atoms with van der Waals surface area (Å²) in [6, 6.07) is 0.0257. The fraction of sp³-hybridized carbons (Fsp3) is 0.923. The molecule has 1 unspecified atom stereocenters. The molecule has 2 aliphatic heterocycles. The summed E-state index contributed by atoms with van der Waals surface area (Å²) in [5.74, 6) is 0.131. The Balaban J connectivity index is 1.42. The van der Waals surface area contributed by atoms with Crippen LogP contribution in [0.2, 0.25) is 0 Å². The highest BCUT2D eigenvalue weighted by Gasteiger charge is 2.21. The molecule has 5 heteroatoms. The van der Waals surface area contributed by atoms with Crippen LogP contribution in [0, 0.1) is 0 Å². The molecule has 18 heavy (non-hydrogen) atoms. The highest BCUT2D eigenvalue weighted by Crippen LogP contribution is 2.11. The van der Waals surface area contributed by atoms with Crippen molar-refractivity contribution >= 4 is 5.91 Å². The third-order valence-corrected chi connectivity index (χ3v) is 3.47. The lowest BCUT2D eigenvalue weighted by Gasteiger charge is -2.12. The highest BCUT2D eigenvalue weighted by molar-refractivity contribution is 5.81. The van der Waals surface area contributed by atoms with E-state index in [1.807, 2.05) is 0 Å². The number of carbonyl (C=O) groups excluding carboxylic acids is 1. The van der Waals surface area contributed by atoms with Gasteiger partial charge in [-0.3, -0.25) is 4.79 Å². The summed E-state index contributed by atoms with van der Waals surface area (Å²) >= 11 is 0. The molecule has 2 fully saturated rings. The van der Waals surface area contributed by atoms with Gasteiger partial charge in [0.05, 0.1) is 18.8 Å². The van der Waals surface area contributed by atoms with E-state index in [0.717, 1.165) is 45.3 Å². The number of hydrogen-bond acceptors (Lipinski definition) is 4. The minimum absolute atomic E-state index is 0.0257. The average Bonchev–Trinajstić information content (AvgIpc) is 3.05. The van der Waals surface area contributed by atoms with Crippen LogP contribution in [0.5, 0.6) is 0 Å². The lowest BCUT2D eigenvalue weighted by atomic mass is 10.2. The Morgan fingerprint density at radius 1 is 1.39 bits per heavy atom. The first-order chi connectivity index (χ1) is 8.86. The molecule has 0 aromatic rings. The van der Waals surface area contributed by atoms with E-state index in [9.17, 15) is 4.79 Å². The Labute approximate surface area is 109 Å². The van der Waals surface area contributed by atoms with Gasteiger partial charge in [-0.05, 0) is 38.6 Å². The smallest absolute Gasteiger partial charge is 0.237 e. The van der Waals surface area contributed by atoms with Crippen LogP contribution >= 0.6 is 0 Å². The topological polar surface area (TPSA) is 59.6 Å². The first-order valence-corrected chi connectivity index (χ1v) is 7.07. The van der Waals surface area contributed by atoms with Gasteiger partial charge in [-0.1, -0.05) is 0 Å². The van der Waals surface area contributed by atoms with Crippen molar-refractivity contribution < 1.29 is 14.3 Å². The molecular weight excluding hydrogens is 232 g/mol. The SMILES string of the molecule is O=C(NCCCOCC1CCCO1)[C@H]1CCCN1. The third kappa shape index (κ3) is 4.55. The van der Waals surface area contributed by atoms with Crippen molar-refractivity contribution in [2.75, 3.05) is 32.9 Å². The number of carbonyl (C=O) groups is 1. The van der Waals surface area contributed by atoms with Crippen molar-refractivity contribution in [3.63, 3.8) is 0 Å². The maximum atomic E-state index is 11.7. The van der Waals surface area contributed by atoms with Crippen molar-refractivity contribution in [1.82, 2.24) is 10.6 Å².